The van der Waals surface area contributed by atoms with Crippen molar-refractivity contribution in [3.63, 3.8) is 0 Å². The molecule has 0 atom stereocenters. The first kappa shape index (κ1) is 25.3. The Morgan fingerprint density at radius 1 is 0.941 bits per heavy atom. The normalized spacial score (nSPS) is 11.1. The summed E-state index contributed by atoms with van der Waals surface area (Å²) < 4.78 is 33.5. The number of benzene rings is 3. The molecule has 0 heterocycles. The fourth-order valence-corrected chi connectivity index (χ4v) is 4.97. The van der Waals surface area contributed by atoms with Crippen molar-refractivity contribution in [2.75, 3.05) is 24.0 Å². The summed E-state index contributed by atoms with van der Waals surface area (Å²) in [7, 11) is -3.90. The number of sulfonamides is 1. The van der Waals surface area contributed by atoms with Crippen molar-refractivity contribution in [2.24, 2.45) is 0 Å². The van der Waals surface area contributed by atoms with Crippen molar-refractivity contribution in [2.45, 2.75) is 38.5 Å². The number of ether oxygens (including phenoxy) is 1. The van der Waals surface area contributed by atoms with Crippen LogP contribution in [0.2, 0.25) is 0 Å². The third-order valence-electron chi connectivity index (χ3n) is 5.38. The molecule has 6 nitrogen and oxygen atoms in total. The van der Waals surface area contributed by atoms with Gasteiger partial charge in [-0.2, -0.15) is 0 Å². The van der Waals surface area contributed by atoms with Crippen molar-refractivity contribution in [3.05, 3.63) is 89.5 Å². The molecule has 0 aromatic heterocycles. The monoisotopic (exact) mass is 480 g/mol. The van der Waals surface area contributed by atoms with E-state index in [9.17, 15) is 13.2 Å². The second kappa shape index (κ2) is 11.7. The van der Waals surface area contributed by atoms with Crippen LogP contribution < -0.4 is 14.4 Å². The lowest BCUT2D eigenvalue weighted by molar-refractivity contribution is -0.119. The number of anilines is 1. The van der Waals surface area contributed by atoms with Crippen molar-refractivity contribution in [1.82, 2.24) is 5.32 Å². The predicted octanol–water partition coefficient (Wildman–Crippen LogP) is 4.65. The quantitative estimate of drug-likeness (QED) is 0.406. The van der Waals surface area contributed by atoms with Crippen LogP contribution in [0.1, 0.15) is 30.0 Å². The number of carbonyl (C=O) groups is 1. The molecule has 0 fully saturated rings. The van der Waals surface area contributed by atoms with Gasteiger partial charge in [-0.15, -0.1) is 0 Å². The standard InChI is InChI=1S/C27H32N2O4S/c1-4-33-25-14-12-23(13-15-25)8-6-18-28-27(30)20-29(24-9-5-7-22(3)19-24)34(31,32)26-16-10-21(2)11-17-26/h5,7,9-17,19H,4,6,8,18,20H2,1-3H3,(H,28,30). The highest BCUT2D eigenvalue weighted by Gasteiger charge is 2.27. The first-order chi connectivity index (χ1) is 16.3. The topological polar surface area (TPSA) is 75.7 Å². The van der Waals surface area contributed by atoms with Gasteiger partial charge >= 0.3 is 0 Å². The van der Waals surface area contributed by atoms with Crippen LogP contribution in [-0.4, -0.2) is 34.0 Å². The van der Waals surface area contributed by atoms with Crippen molar-refractivity contribution in [3.8, 4) is 5.75 Å². The number of rotatable bonds is 11. The van der Waals surface area contributed by atoms with Crippen LogP contribution in [0.5, 0.6) is 5.75 Å². The van der Waals surface area contributed by atoms with Gasteiger partial charge in [-0.3, -0.25) is 9.10 Å². The van der Waals surface area contributed by atoms with E-state index in [2.05, 4.69) is 5.32 Å². The summed E-state index contributed by atoms with van der Waals surface area (Å²) in [5.74, 6) is 0.495. The van der Waals surface area contributed by atoms with Gasteiger partial charge in [0.25, 0.3) is 10.0 Å². The molecule has 1 amide bonds. The molecule has 0 aliphatic carbocycles. The molecular formula is C27H32N2O4S. The van der Waals surface area contributed by atoms with Gasteiger partial charge in [0, 0.05) is 6.54 Å². The zero-order valence-electron chi connectivity index (χ0n) is 20.0. The van der Waals surface area contributed by atoms with E-state index in [1.807, 2.05) is 51.1 Å². The Hall–Kier alpha value is -3.32. The van der Waals surface area contributed by atoms with Crippen LogP contribution in [0.3, 0.4) is 0 Å². The van der Waals surface area contributed by atoms with Crippen molar-refractivity contribution >= 4 is 21.6 Å². The van der Waals surface area contributed by atoms with Gasteiger partial charge in [-0.1, -0.05) is 42.0 Å². The van der Waals surface area contributed by atoms with Gasteiger partial charge in [-0.25, -0.2) is 8.42 Å². The molecule has 7 heteroatoms. The molecule has 1 N–H and O–H groups in total. The highest BCUT2D eigenvalue weighted by atomic mass is 32.2. The molecule has 34 heavy (non-hydrogen) atoms. The zero-order chi connectivity index (χ0) is 24.6. The largest absolute Gasteiger partial charge is 0.494 e. The summed E-state index contributed by atoms with van der Waals surface area (Å²) in [5, 5.41) is 2.86. The first-order valence-corrected chi connectivity index (χ1v) is 12.9. The second-order valence-corrected chi connectivity index (χ2v) is 10.1. The molecule has 0 saturated carbocycles. The zero-order valence-corrected chi connectivity index (χ0v) is 20.8. The lowest BCUT2D eigenvalue weighted by Crippen LogP contribution is -2.41. The fraction of sp³-hybridized carbons (Fsp3) is 0.296. The molecule has 0 spiro atoms. The van der Waals surface area contributed by atoms with E-state index in [0.29, 0.717) is 18.8 Å². The summed E-state index contributed by atoms with van der Waals surface area (Å²) in [6.45, 7) is 6.53. The van der Waals surface area contributed by atoms with Crippen molar-refractivity contribution < 1.29 is 17.9 Å². The van der Waals surface area contributed by atoms with Crippen LogP contribution in [0.15, 0.2) is 77.7 Å². The SMILES string of the molecule is CCOc1ccc(CCCNC(=O)CN(c2cccc(C)c2)S(=O)(=O)c2ccc(C)cc2)cc1. The lowest BCUT2D eigenvalue weighted by Gasteiger charge is -2.24. The molecule has 180 valence electrons. The maximum atomic E-state index is 13.4. The minimum absolute atomic E-state index is 0.155. The smallest absolute Gasteiger partial charge is 0.264 e. The highest BCUT2D eigenvalue weighted by molar-refractivity contribution is 7.92. The van der Waals surface area contributed by atoms with Crippen molar-refractivity contribution in [1.29, 1.82) is 0 Å². The molecule has 0 radical (unpaired) electrons. The third-order valence-corrected chi connectivity index (χ3v) is 7.17. The molecule has 0 saturated heterocycles. The Morgan fingerprint density at radius 2 is 1.65 bits per heavy atom. The van der Waals surface area contributed by atoms with E-state index in [-0.39, 0.29) is 17.3 Å². The number of carbonyl (C=O) groups excluding carboxylic acids is 1. The number of hydrogen-bond donors (Lipinski definition) is 1. The summed E-state index contributed by atoms with van der Waals surface area (Å²) in [6, 6.07) is 21.7. The second-order valence-electron chi connectivity index (χ2n) is 8.19. The van der Waals surface area contributed by atoms with E-state index >= 15 is 0 Å². The van der Waals surface area contributed by atoms with Crippen LogP contribution in [0, 0.1) is 13.8 Å². The Kier molecular flexibility index (Phi) is 8.71. The van der Waals surface area contributed by atoms with Gasteiger partial charge in [0.2, 0.25) is 5.91 Å². The molecule has 0 unspecified atom stereocenters. The summed E-state index contributed by atoms with van der Waals surface area (Å²) in [4.78, 5) is 12.9. The molecule has 3 rings (SSSR count). The van der Waals surface area contributed by atoms with E-state index in [0.717, 1.165) is 35.3 Å². The Bertz CT molecular complexity index is 1190. The minimum Gasteiger partial charge on any atom is -0.494 e. The first-order valence-electron chi connectivity index (χ1n) is 11.4. The maximum absolute atomic E-state index is 13.4. The van der Waals surface area contributed by atoms with Gasteiger partial charge in [-0.05, 0) is 81.1 Å². The Balaban J connectivity index is 1.65. The Morgan fingerprint density at radius 3 is 2.29 bits per heavy atom. The van der Waals surface area contributed by atoms with Gasteiger partial charge in [0.15, 0.2) is 0 Å². The van der Waals surface area contributed by atoms with Gasteiger partial charge in [0.1, 0.15) is 12.3 Å². The molecule has 0 aliphatic heterocycles. The number of nitrogens with one attached hydrogen (secondary N) is 1. The molecule has 3 aromatic carbocycles. The molecule has 0 bridgehead atoms. The Labute approximate surface area is 202 Å². The average Bonchev–Trinajstić information content (AvgIpc) is 2.82. The van der Waals surface area contributed by atoms with Crippen LogP contribution >= 0.6 is 0 Å². The highest BCUT2D eigenvalue weighted by Crippen LogP contribution is 2.24. The number of aryl methyl sites for hydroxylation is 3. The van der Waals surface area contributed by atoms with Gasteiger partial charge < -0.3 is 10.1 Å². The van der Waals surface area contributed by atoms with Gasteiger partial charge in [0.05, 0.1) is 17.2 Å². The molecular weight excluding hydrogens is 448 g/mol. The summed E-state index contributed by atoms with van der Waals surface area (Å²) >= 11 is 0. The maximum Gasteiger partial charge on any atom is 0.264 e. The summed E-state index contributed by atoms with van der Waals surface area (Å²) in [5.41, 5.74) is 3.50. The lowest BCUT2D eigenvalue weighted by atomic mass is 10.1. The predicted molar refractivity (Wildman–Crippen MR) is 136 cm³/mol. The average molecular weight is 481 g/mol. The van der Waals surface area contributed by atoms with Crippen LogP contribution in [-0.2, 0) is 21.2 Å². The number of nitrogens with zero attached hydrogens (tertiary/aromatic N) is 1. The molecule has 0 aliphatic rings. The van der Waals surface area contributed by atoms with E-state index in [1.54, 1.807) is 42.5 Å². The summed E-state index contributed by atoms with van der Waals surface area (Å²) in [6.07, 6.45) is 1.55. The molecule has 3 aromatic rings. The minimum atomic E-state index is -3.90. The number of amides is 1. The van der Waals surface area contributed by atoms with E-state index in [1.165, 1.54) is 4.31 Å². The number of hydrogen-bond acceptors (Lipinski definition) is 4. The fourth-order valence-electron chi connectivity index (χ4n) is 3.56. The van der Waals surface area contributed by atoms with E-state index in [4.69, 9.17) is 4.74 Å². The van der Waals surface area contributed by atoms with Crippen LogP contribution in [0.4, 0.5) is 5.69 Å². The van der Waals surface area contributed by atoms with Crippen LogP contribution in [0.25, 0.3) is 0 Å². The third kappa shape index (κ3) is 6.84. The van der Waals surface area contributed by atoms with E-state index < -0.39 is 10.0 Å².